The lowest BCUT2D eigenvalue weighted by molar-refractivity contribution is -0.115. The molecule has 126 valence electrons. The first-order valence-electron chi connectivity index (χ1n) is 7.83. The smallest absolute Gasteiger partial charge is 0.290 e. The molecule has 7 nitrogen and oxygen atoms in total. The number of hydrogen-bond acceptors (Lipinski definition) is 7. The van der Waals surface area contributed by atoms with Gasteiger partial charge in [-0.15, -0.1) is 0 Å². The zero-order chi connectivity index (χ0) is 17.2. The summed E-state index contributed by atoms with van der Waals surface area (Å²) < 4.78 is 0. The number of carbonyl (C=O) groups excluding carboxylic acids is 2. The number of amides is 2. The summed E-state index contributed by atoms with van der Waals surface area (Å²) in [4.78, 5) is 31.8. The van der Waals surface area contributed by atoms with Gasteiger partial charge in [0.25, 0.3) is 11.1 Å². The van der Waals surface area contributed by atoms with Crippen LogP contribution in [-0.4, -0.2) is 33.7 Å². The summed E-state index contributed by atoms with van der Waals surface area (Å²) >= 11 is 0.873. The summed E-state index contributed by atoms with van der Waals surface area (Å²) in [5.74, 6) is 0.103. The Morgan fingerprint density at radius 2 is 2.12 bits per heavy atom. The average molecular weight is 353 g/mol. The lowest BCUT2D eigenvalue weighted by Gasteiger charge is -2.26. The van der Waals surface area contributed by atoms with Crippen molar-refractivity contribution in [3.63, 3.8) is 0 Å². The Balaban J connectivity index is 1.48. The molecule has 2 aromatic rings. The number of para-hydroxylation sites is 1. The van der Waals surface area contributed by atoms with Crippen molar-refractivity contribution in [1.29, 1.82) is 0 Å². The van der Waals surface area contributed by atoms with E-state index >= 15 is 0 Å². The standard InChI is InChI=1S/C17H15N5O2S/c23-15-14(25-17(24)22-15)8-11-5-6-18-16(20-11)21-12-7-10-3-1-2-4-13(10)19-9-12/h1-6,8,12,19H,7,9H2,(H,18,20,21)(H,22,23,24)/b14-8-. The van der Waals surface area contributed by atoms with Gasteiger partial charge in [-0.25, -0.2) is 9.97 Å². The van der Waals surface area contributed by atoms with Gasteiger partial charge in [0.15, 0.2) is 0 Å². The summed E-state index contributed by atoms with van der Waals surface area (Å²) in [5, 5.41) is 8.57. The molecule has 0 bridgehead atoms. The van der Waals surface area contributed by atoms with E-state index in [1.165, 1.54) is 5.56 Å². The van der Waals surface area contributed by atoms with Crippen LogP contribution in [0.1, 0.15) is 11.3 Å². The Labute approximate surface area is 148 Å². The minimum atomic E-state index is -0.392. The molecule has 2 aliphatic rings. The first-order chi connectivity index (χ1) is 12.2. The zero-order valence-electron chi connectivity index (χ0n) is 13.2. The summed E-state index contributed by atoms with van der Waals surface area (Å²) in [5.41, 5.74) is 2.99. The van der Waals surface area contributed by atoms with Crippen LogP contribution in [0.3, 0.4) is 0 Å². The number of carbonyl (C=O) groups is 2. The van der Waals surface area contributed by atoms with Crippen LogP contribution < -0.4 is 16.0 Å². The average Bonchev–Trinajstić information content (AvgIpc) is 2.92. The second kappa shape index (κ2) is 6.56. The highest BCUT2D eigenvalue weighted by Gasteiger charge is 2.25. The Morgan fingerprint density at radius 1 is 1.24 bits per heavy atom. The van der Waals surface area contributed by atoms with Gasteiger partial charge >= 0.3 is 0 Å². The van der Waals surface area contributed by atoms with Gasteiger partial charge in [0.1, 0.15) is 0 Å². The second-order valence-corrected chi connectivity index (χ2v) is 6.76. The molecule has 0 spiro atoms. The maximum atomic E-state index is 11.6. The number of rotatable bonds is 3. The third-order valence-electron chi connectivity index (χ3n) is 3.95. The topological polar surface area (TPSA) is 96.0 Å². The molecule has 0 aliphatic carbocycles. The lowest BCUT2D eigenvalue weighted by atomic mass is 10.00. The van der Waals surface area contributed by atoms with E-state index in [-0.39, 0.29) is 11.3 Å². The molecule has 4 rings (SSSR count). The van der Waals surface area contributed by atoms with Crippen molar-refractivity contribution in [2.45, 2.75) is 12.5 Å². The predicted octanol–water partition coefficient (Wildman–Crippen LogP) is 2.25. The van der Waals surface area contributed by atoms with E-state index in [2.05, 4.69) is 38.1 Å². The molecule has 0 radical (unpaired) electrons. The fourth-order valence-electron chi connectivity index (χ4n) is 2.80. The first-order valence-corrected chi connectivity index (χ1v) is 8.65. The molecule has 2 amide bonds. The van der Waals surface area contributed by atoms with Crippen LogP contribution in [0.4, 0.5) is 16.4 Å². The van der Waals surface area contributed by atoms with Gasteiger partial charge in [0.2, 0.25) is 5.95 Å². The maximum Gasteiger partial charge on any atom is 0.290 e. The Kier molecular flexibility index (Phi) is 4.10. The molecule has 1 unspecified atom stereocenters. The van der Waals surface area contributed by atoms with Crippen LogP contribution in [0, 0.1) is 0 Å². The lowest BCUT2D eigenvalue weighted by Crippen LogP contribution is -2.35. The molecule has 0 saturated carbocycles. The van der Waals surface area contributed by atoms with Gasteiger partial charge in [-0.05, 0) is 42.0 Å². The molecule has 1 aromatic carbocycles. The number of anilines is 2. The van der Waals surface area contributed by atoms with Gasteiger partial charge in [-0.2, -0.15) is 0 Å². The number of benzene rings is 1. The molecule has 1 atom stereocenters. The van der Waals surface area contributed by atoms with Crippen LogP contribution in [0.25, 0.3) is 6.08 Å². The minimum Gasteiger partial charge on any atom is -0.383 e. The fraction of sp³-hybridized carbons (Fsp3) is 0.176. The highest BCUT2D eigenvalue weighted by atomic mass is 32.2. The monoisotopic (exact) mass is 353 g/mol. The number of hydrogen-bond donors (Lipinski definition) is 3. The summed E-state index contributed by atoms with van der Waals surface area (Å²) in [6.45, 7) is 0.776. The van der Waals surface area contributed by atoms with Crippen molar-refractivity contribution >= 4 is 40.6 Å². The second-order valence-electron chi connectivity index (χ2n) is 5.74. The van der Waals surface area contributed by atoms with Gasteiger partial charge < -0.3 is 10.6 Å². The molecule has 1 fully saturated rings. The minimum absolute atomic E-state index is 0.170. The van der Waals surface area contributed by atoms with Crippen LogP contribution in [0.5, 0.6) is 0 Å². The molecule has 25 heavy (non-hydrogen) atoms. The van der Waals surface area contributed by atoms with E-state index in [9.17, 15) is 9.59 Å². The van der Waals surface area contributed by atoms with Gasteiger partial charge in [-0.3, -0.25) is 14.9 Å². The SMILES string of the molecule is O=C1NC(=O)/C(=C/c2ccnc(NC3CNc4ccccc4C3)n2)S1. The largest absolute Gasteiger partial charge is 0.383 e. The van der Waals surface area contributed by atoms with Gasteiger partial charge in [0.05, 0.1) is 16.6 Å². The molecule has 3 heterocycles. The highest BCUT2D eigenvalue weighted by molar-refractivity contribution is 8.18. The molecule has 2 aliphatic heterocycles. The Morgan fingerprint density at radius 3 is 2.96 bits per heavy atom. The number of nitrogens with one attached hydrogen (secondary N) is 3. The predicted molar refractivity (Wildman–Crippen MR) is 97.2 cm³/mol. The molecular formula is C17H15N5O2S. The number of aromatic nitrogens is 2. The van der Waals surface area contributed by atoms with Crippen LogP contribution in [0.15, 0.2) is 41.4 Å². The summed E-state index contributed by atoms with van der Waals surface area (Å²) in [6, 6.07) is 10.1. The van der Waals surface area contributed by atoms with Crippen molar-refractivity contribution in [3.05, 3.63) is 52.7 Å². The molecule has 8 heteroatoms. The highest BCUT2D eigenvalue weighted by Crippen LogP contribution is 2.25. The van der Waals surface area contributed by atoms with Crippen LogP contribution >= 0.6 is 11.8 Å². The van der Waals surface area contributed by atoms with Crippen molar-refractivity contribution < 1.29 is 9.59 Å². The van der Waals surface area contributed by atoms with Crippen LogP contribution in [0.2, 0.25) is 0 Å². The van der Waals surface area contributed by atoms with E-state index in [1.54, 1.807) is 18.3 Å². The molecule has 1 aromatic heterocycles. The molecule has 3 N–H and O–H groups in total. The van der Waals surface area contributed by atoms with Crippen LogP contribution in [-0.2, 0) is 11.2 Å². The summed E-state index contributed by atoms with van der Waals surface area (Å²) in [6.07, 6.45) is 4.10. The third kappa shape index (κ3) is 3.48. The number of fused-ring (bicyclic) bond motifs is 1. The van der Waals surface area contributed by atoms with Crippen molar-refractivity contribution in [1.82, 2.24) is 15.3 Å². The Bertz CT molecular complexity index is 883. The van der Waals surface area contributed by atoms with E-state index in [1.807, 2.05) is 12.1 Å². The molecular weight excluding hydrogens is 338 g/mol. The summed E-state index contributed by atoms with van der Waals surface area (Å²) in [7, 11) is 0. The maximum absolute atomic E-state index is 11.6. The molecule has 1 saturated heterocycles. The first kappa shape index (κ1) is 15.6. The van der Waals surface area contributed by atoms with Crippen molar-refractivity contribution in [2.75, 3.05) is 17.2 Å². The van der Waals surface area contributed by atoms with E-state index < -0.39 is 5.91 Å². The van der Waals surface area contributed by atoms with E-state index in [4.69, 9.17) is 0 Å². The quantitative estimate of drug-likeness (QED) is 0.728. The normalized spacial score (nSPS) is 20.8. The number of thioether (sulfide) groups is 1. The Hall–Kier alpha value is -2.87. The van der Waals surface area contributed by atoms with Crippen molar-refractivity contribution in [2.24, 2.45) is 0 Å². The van der Waals surface area contributed by atoms with Gasteiger partial charge in [0, 0.05) is 18.4 Å². The van der Waals surface area contributed by atoms with E-state index in [0.717, 1.165) is 30.4 Å². The van der Waals surface area contributed by atoms with Gasteiger partial charge in [-0.1, -0.05) is 18.2 Å². The fourth-order valence-corrected chi connectivity index (χ4v) is 3.47. The number of imide groups is 1. The zero-order valence-corrected chi connectivity index (χ0v) is 14.0. The van der Waals surface area contributed by atoms with Crippen molar-refractivity contribution in [3.8, 4) is 0 Å². The number of nitrogens with zero attached hydrogens (tertiary/aromatic N) is 2. The van der Waals surface area contributed by atoms with E-state index in [0.29, 0.717) is 16.5 Å². The third-order valence-corrected chi connectivity index (χ3v) is 4.76.